The minimum absolute atomic E-state index is 0.116. The zero-order valence-corrected chi connectivity index (χ0v) is 19.5. The van der Waals surface area contributed by atoms with Gasteiger partial charge in [-0.15, -0.1) is 5.10 Å². The van der Waals surface area contributed by atoms with Gasteiger partial charge in [-0.2, -0.15) is 4.98 Å². The number of aryl methyl sites for hydroxylation is 1. The molecule has 4 aromatic rings. The highest BCUT2D eigenvalue weighted by Crippen LogP contribution is 2.47. The summed E-state index contributed by atoms with van der Waals surface area (Å²) in [5, 5.41) is 11.2. The number of amides is 1. The Morgan fingerprint density at radius 1 is 1.17 bits per heavy atom. The maximum atomic E-state index is 13.1. The number of carbonyl (C=O) groups excluding carboxylic acids is 1. The van der Waals surface area contributed by atoms with E-state index in [-0.39, 0.29) is 11.9 Å². The van der Waals surface area contributed by atoms with E-state index in [4.69, 9.17) is 0 Å². The monoisotopic (exact) mass is 481 g/mol. The minimum atomic E-state index is -2.50. The maximum absolute atomic E-state index is 13.1. The van der Waals surface area contributed by atoms with Gasteiger partial charge in [-0.25, -0.2) is 23.3 Å². The average molecular weight is 482 g/mol. The predicted octanol–water partition coefficient (Wildman–Crippen LogP) is 2.64. The summed E-state index contributed by atoms with van der Waals surface area (Å²) in [6.07, 6.45) is -0.671. The molecule has 2 N–H and O–H groups in total. The Hall–Kier alpha value is -3.83. The molecule has 10 nitrogen and oxygen atoms in total. The number of anilines is 2. The van der Waals surface area contributed by atoms with Crippen LogP contribution >= 0.6 is 0 Å². The zero-order chi connectivity index (χ0) is 24.4. The fourth-order valence-electron chi connectivity index (χ4n) is 5.23. The van der Waals surface area contributed by atoms with E-state index in [1.54, 1.807) is 31.5 Å². The second kappa shape index (κ2) is 7.85. The van der Waals surface area contributed by atoms with Crippen LogP contribution in [0.15, 0.2) is 24.4 Å². The third kappa shape index (κ3) is 3.55. The maximum Gasteiger partial charge on any atom is 0.256 e. The summed E-state index contributed by atoms with van der Waals surface area (Å²) in [7, 11) is 1.79. The predicted molar refractivity (Wildman–Crippen MR) is 126 cm³/mol. The van der Waals surface area contributed by atoms with Gasteiger partial charge in [0.05, 0.1) is 12.2 Å². The number of imidazole rings is 1. The van der Waals surface area contributed by atoms with E-state index < -0.39 is 13.0 Å². The number of carbonyl (C=O) groups is 1. The van der Waals surface area contributed by atoms with Crippen molar-refractivity contribution >= 4 is 34.4 Å². The normalized spacial score (nSPS) is 21.2. The van der Waals surface area contributed by atoms with Gasteiger partial charge in [0.15, 0.2) is 11.5 Å². The highest BCUT2D eigenvalue weighted by Gasteiger charge is 2.56. The number of hydrogen-bond acceptors (Lipinski definition) is 7. The van der Waals surface area contributed by atoms with Gasteiger partial charge in [0.1, 0.15) is 16.9 Å². The van der Waals surface area contributed by atoms with Gasteiger partial charge in [-0.1, -0.05) is 0 Å². The first-order valence-electron chi connectivity index (χ1n) is 11.6. The van der Waals surface area contributed by atoms with Gasteiger partial charge in [0.2, 0.25) is 11.9 Å². The Kier molecular flexibility index (Phi) is 4.87. The quantitative estimate of drug-likeness (QED) is 0.436. The van der Waals surface area contributed by atoms with Crippen LogP contribution in [0.3, 0.4) is 0 Å². The lowest BCUT2D eigenvalue weighted by Crippen LogP contribution is -2.32. The number of halogens is 2. The van der Waals surface area contributed by atoms with Crippen molar-refractivity contribution < 1.29 is 13.6 Å². The van der Waals surface area contributed by atoms with Crippen molar-refractivity contribution in [3.8, 4) is 11.3 Å². The summed E-state index contributed by atoms with van der Waals surface area (Å²) in [6, 6.07) is 5.77. The number of alkyl halides is 2. The summed E-state index contributed by atoms with van der Waals surface area (Å²) in [5.41, 5.74) is 3.14. The van der Waals surface area contributed by atoms with Gasteiger partial charge < -0.3 is 20.1 Å². The van der Waals surface area contributed by atoms with Crippen molar-refractivity contribution in [2.24, 2.45) is 11.8 Å². The number of nitrogens with zero attached hydrogens (tertiary/aromatic N) is 7. The Balaban J connectivity index is 1.32. The van der Waals surface area contributed by atoms with Crippen molar-refractivity contribution in [2.75, 3.05) is 30.8 Å². The molecule has 0 bridgehead atoms. The number of likely N-dealkylation sites (tertiary alicyclic amines) is 1. The van der Waals surface area contributed by atoms with E-state index in [0.29, 0.717) is 46.3 Å². The average Bonchev–Trinajstić information content (AvgIpc) is 3.22. The Morgan fingerprint density at radius 3 is 2.63 bits per heavy atom. The second-order valence-corrected chi connectivity index (χ2v) is 9.18. The second-order valence-electron chi connectivity index (χ2n) is 9.18. The third-order valence-corrected chi connectivity index (χ3v) is 7.06. The van der Waals surface area contributed by atoms with Crippen LogP contribution in [-0.4, -0.2) is 72.5 Å². The number of piperidine rings is 1. The van der Waals surface area contributed by atoms with Crippen LogP contribution < -0.4 is 10.6 Å². The molecule has 0 aromatic carbocycles. The summed E-state index contributed by atoms with van der Waals surface area (Å²) >= 11 is 0. The summed E-state index contributed by atoms with van der Waals surface area (Å²) in [5.74, 6) is 2.59. The Morgan fingerprint density at radius 2 is 1.94 bits per heavy atom. The minimum Gasteiger partial charge on any atom is -0.371 e. The number of rotatable bonds is 6. The number of nitrogens with one attached hydrogen (secondary N) is 2. The lowest BCUT2D eigenvalue weighted by Gasteiger charge is -2.18. The molecular formula is C23H25F2N9O. The molecule has 4 aromatic heterocycles. The van der Waals surface area contributed by atoms with Gasteiger partial charge in [0, 0.05) is 56.7 Å². The van der Waals surface area contributed by atoms with Gasteiger partial charge in [-0.05, 0) is 25.1 Å². The summed E-state index contributed by atoms with van der Waals surface area (Å²) in [4.78, 5) is 27.2. The van der Waals surface area contributed by atoms with E-state index >= 15 is 0 Å². The molecule has 1 amide bonds. The number of hydrogen-bond donors (Lipinski definition) is 2. The molecule has 0 radical (unpaired) electrons. The fraction of sp³-hybridized carbons (Fsp3) is 0.435. The lowest BCUT2D eigenvalue weighted by molar-refractivity contribution is -0.128. The summed E-state index contributed by atoms with van der Waals surface area (Å²) < 4.78 is 29.4. The van der Waals surface area contributed by atoms with Crippen molar-refractivity contribution in [2.45, 2.75) is 32.9 Å². The van der Waals surface area contributed by atoms with Crippen LogP contribution in [0.1, 0.15) is 12.7 Å². The molecule has 2 aliphatic rings. The molecular weight excluding hydrogens is 456 g/mol. The first-order valence-corrected chi connectivity index (χ1v) is 11.6. The van der Waals surface area contributed by atoms with Crippen molar-refractivity contribution in [1.29, 1.82) is 0 Å². The van der Waals surface area contributed by atoms with Gasteiger partial charge in [0.25, 0.3) is 6.43 Å². The Bertz CT molecular complexity index is 1450. The molecule has 1 aliphatic carbocycles. The first-order chi connectivity index (χ1) is 16.8. The van der Waals surface area contributed by atoms with Gasteiger partial charge in [-0.3, -0.25) is 4.79 Å². The lowest BCUT2D eigenvalue weighted by atomic mass is 10.2. The first kappa shape index (κ1) is 21.7. The third-order valence-electron chi connectivity index (χ3n) is 7.06. The van der Waals surface area contributed by atoms with E-state index in [0.717, 1.165) is 24.2 Å². The SMILES string of the molecule is CNc1nc(NC2[C@H]3CN(C(C)=O)C[C@@H]23)nn2ccc(-c3ccc4nc(C)n(CC(F)F)c4n3)c12. The van der Waals surface area contributed by atoms with Crippen molar-refractivity contribution in [1.82, 2.24) is 34.0 Å². The van der Waals surface area contributed by atoms with Crippen molar-refractivity contribution in [3.05, 3.63) is 30.2 Å². The highest BCUT2D eigenvalue weighted by atomic mass is 19.3. The molecule has 1 unspecified atom stereocenters. The molecule has 2 fully saturated rings. The molecule has 12 heteroatoms. The van der Waals surface area contributed by atoms with E-state index in [9.17, 15) is 13.6 Å². The van der Waals surface area contributed by atoms with E-state index in [1.807, 2.05) is 23.2 Å². The van der Waals surface area contributed by atoms with Crippen LogP contribution in [0.5, 0.6) is 0 Å². The molecule has 1 aliphatic heterocycles. The number of fused-ring (bicyclic) bond motifs is 3. The standard InChI is InChI=1S/C23H25F2N9O/c1-11-27-17-5-4-16(28-22(17)33(11)10-18(24)25)13-6-7-34-20(13)21(26-3)30-23(31-34)29-19-14-8-32(12(2)35)9-15(14)19/h4-7,14-15,18-19H,8-10H2,1-3H3,(H2,26,29,30,31)/t14-,15+,19?. The molecule has 182 valence electrons. The molecule has 5 heterocycles. The van der Waals surface area contributed by atoms with Crippen LogP contribution in [0.2, 0.25) is 0 Å². The topological polar surface area (TPSA) is 105 Å². The molecule has 3 atom stereocenters. The van der Waals surface area contributed by atoms with Crippen LogP contribution in [0.25, 0.3) is 27.9 Å². The largest absolute Gasteiger partial charge is 0.371 e. The van der Waals surface area contributed by atoms with Crippen LogP contribution in [0, 0.1) is 18.8 Å². The van der Waals surface area contributed by atoms with Crippen LogP contribution in [0.4, 0.5) is 20.5 Å². The van der Waals surface area contributed by atoms with E-state index in [1.165, 1.54) is 4.57 Å². The van der Waals surface area contributed by atoms with Crippen LogP contribution in [-0.2, 0) is 11.3 Å². The molecule has 1 saturated heterocycles. The molecule has 1 saturated carbocycles. The zero-order valence-electron chi connectivity index (χ0n) is 19.5. The Labute approximate surface area is 199 Å². The number of aromatic nitrogens is 6. The molecule has 6 rings (SSSR count). The van der Waals surface area contributed by atoms with Crippen molar-refractivity contribution in [3.63, 3.8) is 0 Å². The van der Waals surface area contributed by atoms with E-state index in [2.05, 4.69) is 30.7 Å². The number of pyridine rings is 1. The fourth-order valence-corrected chi connectivity index (χ4v) is 5.23. The highest BCUT2D eigenvalue weighted by molar-refractivity contribution is 5.89. The molecule has 0 spiro atoms. The smallest absolute Gasteiger partial charge is 0.256 e. The van der Waals surface area contributed by atoms with Gasteiger partial charge >= 0.3 is 0 Å². The molecule has 35 heavy (non-hydrogen) atoms. The summed E-state index contributed by atoms with van der Waals surface area (Å²) in [6.45, 7) is 4.38.